The molecule has 0 heterocycles. The number of ether oxygens (including phenoxy) is 2. The first-order chi connectivity index (χ1) is 9.68. The maximum absolute atomic E-state index is 9.16. The van der Waals surface area contributed by atoms with E-state index in [9.17, 15) is 0 Å². The Morgan fingerprint density at radius 1 is 1.25 bits per heavy atom. The van der Waals surface area contributed by atoms with Crippen LogP contribution in [0.1, 0.15) is 25.3 Å². The minimum Gasteiger partial charge on any atom is -0.341 e. The first kappa shape index (κ1) is 16.4. The van der Waals surface area contributed by atoms with Gasteiger partial charge in [-0.3, -0.25) is 0 Å². The van der Waals surface area contributed by atoms with Crippen LogP contribution < -0.4 is 0 Å². The fourth-order valence-electron chi connectivity index (χ4n) is 2.14. The van der Waals surface area contributed by atoms with E-state index in [0.717, 1.165) is 19.3 Å². The normalized spacial score (nSPS) is 13.3. The van der Waals surface area contributed by atoms with Gasteiger partial charge >= 0.3 is 0 Å². The second-order valence-electron chi connectivity index (χ2n) is 4.78. The van der Waals surface area contributed by atoms with Gasteiger partial charge in [-0.1, -0.05) is 49.4 Å². The van der Waals surface area contributed by atoms with Gasteiger partial charge in [-0.15, -0.1) is 0 Å². The Hall–Kier alpha value is -1.63. The van der Waals surface area contributed by atoms with E-state index in [2.05, 4.69) is 36.4 Å². The van der Waals surface area contributed by atoms with Gasteiger partial charge in [-0.05, 0) is 24.8 Å². The highest BCUT2D eigenvalue weighted by molar-refractivity contribution is 5.14. The highest BCUT2D eigenvalue weighted by Crippen LogP contribution is 2.23. The largest absolute Gasteiger partial charge is 0.341 e. The van der Waals surface area contributed by atoms with E-state index in [1.54, 1.807) is 0 Å². The molecule has 0 saturated heterocycles. The Balaban J connectivity index is 2.39. The van der Waals surface area contributed by atoms with Gasteiger partial charge in [0, 0.05) is 20.1 Å². The molecule has 20 heavy (non-hydrogen) atoms. The molecule has 0 aliphatic heterocycles. The summed E-state index contributed by atoms with van der Waals surface area (Å²) in [6, 6.07) is 12.5. The van der Waals surface area contributed by atoms with Crippen LogP contribution in [0.15, 0.2) is 42.5 Å². The van der Waals surface area contributed by atoms with Crippen LogP contribution >= 0.6 is 0 Å². The Morgan fingerprint density at radius 2 is 1.90 bits per heavy atom. The number of rotatable bonds is 8. The van der Waals surface area contributed by atoms with Crippen molar-refractivity contribution in [2.75, 3.05) is 14.2 Å². The van der Waals surface area contributed by atoms with Crippen molar-refractivity contribution in [2.45, 2.75) is 32.0 Å². The van der Waals surface area contributed by atoms with E-state index >= 15 is 0 Å². The molecule has 3 nitrogen and oxygen atoms in total. The quantitative estimate of drug-likeness (QED) is 0.412. The lowest BCUT2D eigenvalue weighted by atomic mass is 10.00. The van der Waals surface area contributed by atoms with Crippen LogP contribution in [-0.2, 0) is 15.9 Å². The van der Waals surface area contributed by atoms with Crippen LogP contribution in [0, 0.1) is 17.2 Å². The summed E-state index contributed by atoms with van der Waals surface area (Å²) in [5.41, 5.74) is 1.36. The number of nitrogens with zero attached hydrogens (tertiary/aromatic N) is 1. The molecule has 0 unspecified atom stereocenters. The molecule has 1 rings (SSSR count). The molecule has 0 aliphatic rings. The van der Waals surface area contributed by atoms with Gasteiger partial charge in [0.25, 0.3) is 5.79 Å². The third kappa shape index (κ3) is 4.48. The van der Waals surface area contributed by atoms with Crippen LogP contribution in [0.4, 0.5) is 0 Å². The monoisotopic (exact) mass is 273 g/mol. The maximum Gasteiger partial charge on any atom is 0.265 e. The Kier molecular flexibility index (Phi) is 7.00. The highest BCUT2D eigenvalue weighted by atomic mass is 16.7. The Morgan fingerprint density at radius 3 is 2.45 bits per heavy atom. The molecular formula is C17H23NO2. The average molecular weight is 273 g/mol. The molecule has 0 spiro atoms. The lowest BCUT2D eigenvalue weighted by Crippen LogP contribution is -2.38. The van der Waals surface area contributed by atoms with Gasteiger partial charge < -0.3 is 9.47 Å². The van der Waals surface area contributed by atoms with Gasteiger partial charge in [0.1, 0.15) is 6.07 Å². The van der Waals surface area contributed by atoms with Gasteiger partial charge in [0.15, 0.2) is 0 Å². The molecule has 0 saturated carbocycles. The third-order valence-electron chi connectivity index (χ3n) is 3.47. The van der Waals surface area contributed by atoms with E-state index in [1.165, 1.54) is 19.8 Å². The zero-order valence-electron chi connectivity index (χ0n) is 12.5. The van der Waals surface area contributed by atoms with Crippen LogP contribution in [0.2, 0.25) is 0 Å². The van der Waals surface area contributed by atoms with E-state index < -0.39 is 5.79 Å². The number of hydrogen-bond donors (Lipinski definition) is 0. The minimum absolute atomic E-state index is 0.112. The standard InChI is InChI=1S/C17H23NO2/c1-15(17(14-18,19-2)20-3)10-6-4-7-11-16-12-8-5-9-13-16/h5-6,8-10,12-13,15H,4,7,11H2,1-3H3/b10-6-/t15-/m0/s1. The lowest BCUT2D eigenvalue weighted by Gasteiger charge is -2.27. The Labute approximate surface area is 121 Å². The Bertz CT molecular complexity index is 444. The predicted molar refractivity (Wildman–Crippen MR) is 80.0 cm³/mol. The van der Waals surface area contributed by atoms with Crippen molar-refractivity contribution in [3.8, 4) is 6.07 Å². The highest BCUT2D eigenvalue weighted by Gasteiger charge is 2.35. The van der Waals surface area contributed by atoms with Crippen molar-refractivity contribution >= 4 is 0 Å². The van der Waals surface area contributed by atoms with Crippen LogP contribution in [-0.4, -0.2) is 20.0 Å². The van der Waals surface area contributed by atoms with Crippen LogP contribution in [0.5, 0.6) is 0 Å². The molecule has 0 aliphatic carbocycles. The fraction of sp³-hybridized carbons (Fsp3) is 0.471. The fourth-order valence-corrected chi connectivity index (χ4v) is 2.14. The molecule has 1 atom stereocenters. The molecule has 0 bridgehead atoms. The summed E-state index contributed by atoms with van der Waals surface area (Å²) in [4.78, 5) is 0. The summed E-state index contributed by atoms with van der Waals surface area (Å²) in [5, 5.41) is 9.16. The van der Waals surface area contributed by atoms with E-state index in [0.29, 0.717) is 0 Å². The van der Waals surface area contributed by atoms with Crippen LogP contribution in [0.25, 0.3) is 0 Å². The van der Waals surface area contributed by atoms with E-state index in [4.69, 9.17) is 14.7 Å². The maximum atomic E-state index is 9.16. The van der Waals surface area contributed by atoms with Crippen molar-refractivity contribution < 1.29 is 9.47 Å². The summed E-state index contributed by atoms with van der Waals surface area (Å²) in [7, 11) is 2.99. The zero-order chi connectivity index (χ0) is 14.8. The summed E-state index contributed by atoms with van der Waals surface area (Å²) in [6.45, 7) is 1.92. The minimum atomic E-state index is -1.18. The van der Waals surface area contributed by atoms with Crippen molar-refractivity contribution in [1.82, 2.24) is 0 Å². The number of aryl methyl sites for hydroxylation is 1. The molecule has 0 fully saturated rings. The van der Waals surface area contributed by atoms with Crippen molar-refractivity contribution in [1.29, 1.82) is 5.26 Å². The van der Waals surface area contributed by atoms with Gasteiger partial charge in [-0.2, -0.15) is 5.26 Å². The van der Waals surface area contributed by atoms with Crippen LogP contribution in [0.3, 0.4) is 0 Å². The van der Waals surface area contributed by atoms with Gasteiger partial charge in [0.05, 0.1) is 0 Å². The molecule has 108 valence electrons. The molecule has 0 radical (unpaired) electrons. The average Bonchev–Trinajstić information content (AvgIpc) is 2.50. The second kappa shape index (κ2) is 8.52. The number of methoxy groups -OCH3 is 2. The third-order valence-corrected chi connectivity index (χ3v) is 3.47. The van der Waals surface area contributed by atoms with Gasteiger partial charge in [-0.25, -0.2) is 0 Å². The first-order valence-electron chi connectivity index (χ1n) is 6.90. The first-order valence-corrected chi connectivity index (χ1v) is 6.90. The number of nitriles is 1. The molecule has 3 heteroatoms. The van der Waals surface area contributed by atoms with Gasteiger partial charge in [0.2, 0.25) is 0 Å². The number of benzene rings is 1. The SMILES string of the molecule is COC(C#N)(OC)[C@@H](C)/C=C\CCCc1ccccc1. The van der Waals surface area contributed by atoms with E-state index in [-0.39, 0.29) is 5.92 Å². The molecule has 0 amide bonds. The summed E-state index contributed by atoms with van der Waals surface area (Å²) in [5.74, 6) is -1.30. The number of unbranched alkanes of at least 4 members (excludes halogenated alkanes) is 1. The summed E-state index contributed by atoms with van der Waals surface area (Å²) in [6.07, 6.45) is 7.22. The molecule has 0 aromatic heterocycles. The van der Waals surface area contributed by atoms with E-state index in [1.807, 2.05) is 19.1 Å². The predicted octanol–water partition coefficient (Wildman–Crippen LogP) is 3.71. The van der Waals surface area contributed by atoms with Crippen molar-refractivity contribution in [3.05, 3.63) is 48.0 Å². The smallest absolute Gasteiger partial charge is 0.265 e. The molecule has 1 aromatic rings. The lowest BCUT2D eigenvalue weighted by molar-refractivity contribution is -0.184. The summed E-state index contributed by atoms with van der Waals surface area (Å²) < 4.78 is 10.4. The van der Waals surface area contributed by atoms with Crippen molar-refractivity contribution in [2.24, 2.45) is 5.92 Å². The molecule has 1 aromatic carbocycles. The van der Waals surface area contributed by atoms with Crippen molar-refractivity contribution in [3.63, 3.8) is 0 Å². The molecular weight excluding hydrogens is 250 g/mol. The number of hydrogen-bond acceptors (Lipinski definition) is 3. The summed E-state index contributed by atoms with van der Waals surface area (Å²) >= 11 is 0. The number of allylic oxidation sites excluding steroid dienone is 1. The molecule has 0 N–H and O–H groups in total. The second-order valence-corrected chi connectivity index (χ2v) is 4.78. The zero-order valence-corrected chi connectivity index (χ0v) is 12.5. The topological polar surface area (TPSA) is 42.2 Å².